The van der Waals surface area contributed by atoms with E-state index in [1.54, 1.807) is 6.07 Å². The third-order valence-electron chi connectivity index (χ3n) is 2.91. The molecular formula is C15H20N2O5. The first-order chi connectivity index (χ1) is 10.4. The summed E-state index contributed by atoms with van der Waals surface area (Å²) in [4.78, 5) is 34.5. The number of hydrogen-bond donors (Lipinski definition) is 2. The zero-order valence-corrected chi connectivity index (χ0v) is 13.1. The second-order valence-corrected chi connectivity index (χ2v) is 4.69. The van der Waals surface area contributed by atoms with Crippen molar-refractivity contribution in [3.8, 4) is 5.75 Å². The molecule has 120 valence electrons. The Morgan fingerprint density at radius 2 is 1.95 bits per heavy atom. The van der Waals surface area contributed by atoms with Crippen LogP contribution in [0, 0.1) is 6.92 Å². The molecule has 0 aliphatic carbocycles. The average Bonchev–Trinajstić information content (AvgIpc) is 2.47. The first-order valence-corrected chi connectivity index (χ1v) is 6.73. The molecule has 0 saturated carbocycles. The summed E-state index contributed by atoms with van der Waals surface area (Å²) < 4.78 is 10.2. The van der Waals surface area contributed by atoms with E-state index in [-0.39, 0.29) is 6.42 Å². The molecule has 0 fully saturated rings. The lowest BCUT2D eigenvalue weighted by Gasteiger charge is -2.14. The van der Waals surface area contributed by atoms with Gasteiger partial charge in [0, 0.05) is 12.6 Å². The summed E-state index contributed by atoms with van der Waals surface area (Å²) in [5.41, 5.74) is 1.65. The van der Waals surface area contributed by atoms with Crippen molar-refractivity contribution in [2.75, 3.05) is 14.2 Å². The molecule has 0 aromatic heterocycles. The number of rotatable bonds is 5. The van der Waals surface area contributed by atoms with Crippen LogP contribution in [-0.4, -0.2) is 38.2 Å². The summed E-state index contributed by atoms with van der Waals surface area (Å²) in [6, 6.07) is 4.79. The molecule has 2 N–H and O–H groups in total. The predicted octanol–water partition coefficient (Wildman–Crippen LogP) is 0.933. The Labute approximate surface area is 129 Å². The maximum absolute atomic E-state index is 11.9. The molecule has 22 heavy (non-hydrogen) atoms. The highest BCUT2D eigenvalue weighted by Crippen LogP contribution is 2.20. The molecule has 0 saturated heterocycles. The number of imide groups is 1. The molecule has 0 bridgehead atoms. The lowest BCUT2D eigenvalue weighted by molar-refractivity contribution is -0.153. The van der Waals surface area contributed by atoms with Crippen LogP contribution in [0.4, 0.5) is 4.79 Å². The Hall–Kier alpha value is -2.57. The first-order valence-electron chi connectivity index (χ1n) is 6.73. The Kier molecular flexibility index (Phi) is 6.37. The van der Waals surface area contributed by atoms with E-state index in [9.17, 15) is 14.4 Å². The zero-order valence-electron chi connectivity index (χ0n) is 13.1. The van der Waals surface area contributed by atoms with Crippen LogP contribution in [0.3, 0.4) is 0 Å². The minimum Gasteiger partial charge on any atom is -0.496 e. The number of ether oxygens (including phenoxy) is 2. The van der Waals surface area contributed by atoms with E-state index in [1.807, 2.05) is 24.4 Å². The van der Waals surface area contributed by atoms with Crippen LogP contribution in [0.1, 0.15) is 18.1 Å². The van der Waals surface area contributed by atoms with Crippen molar-refractivity contribution in [2.45, 2.75) is 26.4 Å². The molecular weight excluding hydrogens is 288 g/mol. The number of amides is 3. The summed E-state index contributed by atoms with van der Waals surface area (Å²) in [7, 11) is 2.89. The van der Waals surface area contributed by atoms with Crippen molar-refractivity contribution in [2.24, 2.45) is 0 Å². The third-order valence-corrected chi connectivity index (χ3v) is 2.91. The number of carbonyl (C=O) groups excluding carboxylic acids is 3. The second kappa shape index (κ2) is 8.02. The molecule has 7 nitrogen and oxygen atoms in total. The van der Waals surface area contributed by atoms with Crippen LogP contribution >= 0.6 is 0 Å². The van der Waals surface area contributed by atoms with E-state index in [0.717, 1.165) is 5.56 Å². The number of carbonyl (C=O) groups is 3. The van der Waals surface area contributed by atoms with Gasteiger partial charge in [0.1, 0.15) is 5.75 Å². The van der Waals surface area contributed by atoms with Gasteiger partial charge in [0.05, 0.1) is 13.5 Å². The van der Waals surface area contributed by atoms with Gasteiger partial charge in [-0.3, -0.25) is 14.9 Å². The third kappa shape index (κ3) is 5.08. The molecule has 7 heteroatoms. The van der Waals surface area contributed by atoms with Gasteiger partial charge in [0.2, 0.25) is 0 Å². The van der Waals surface area contributed by atoms with Gasteiger partial charge in [-0.15, -0.1) is 0 Å². The lowest BCUT2D eigenvalue weighted by Crippen LogP contribution is -2.43. The van der Waals surface area contributed by atoms with Gasteiger partial charge in [-0.2, -0.15) is 0 Å². The minimum absolute atomic E-state index is 0.0253. The number of esters is 1. The fourth-order valence-electron chi connectivity index (χ4n) is 1.77. The molecule has 1 rings (SSSR count). The molecule has 0 unspecified atom stereocenters. The van der Waals surface area contributed by atoms with Crippen LogP contribution in [0.25, 0.3) is 0 Å². The second-order valence-electron chi connectivity index (χ2n) is 4.69. The predicted molar refractivity (Wildman–Crippen MR) is 79.6 cm³/mol. The number of methoxy groups -OCH3 is 1. The molecule has 0 heterocycles. The quantitative estimate of drug-likeness (QED) is 0.789. The molecule has 1 aromatic carbocycles. The summed E-state index contributed by atoms with van der Waals surface area (Å²) in [5, 5.41) is 4.28. The highest BCUT2D eigenvalue weighted by atomic mass is 16.5. The van der Waals surface area contributed by atoms with E-state index in [2.05, 4.69) is 5.32 Å². The molecule has 0 spiro atoms. The number of urea groups is 1. The number of benzene rings is 1. The molecule has 1 aromatic rings. The molecule has 0 radical (unpaired) electrons. The Morgan fingerprint density at radius 3 is 2.55 bits per heavy atom. The number of hydrogen-bond acceptors (Lipinski definition) is 5. The van der Waals surface area contributed by atoms with E-state index in [0.29, 0.717) is 11.3 Å². The van der Waals surface area contributed by atoms with Crippen molar-refractivity contribution < 1.29 is 23.9 Å². The van der Waals surface area contributed by atoms with Crippen LogP contribution in [0.5, 0.6) is 5.75 Å². The molecule has 1 atom stereocenters. The summed E-state index contributed by atoms with van der Waals surface area (Å²) in [6.07, 6.45) is -1.09. The van der Waals surface area contributed by atoms with Crippen molar-refractivity contribution in [3.05, 3.63) is 29.3 Å². The highest BCUT2D eigenvalue weighted by Gasteiger charge is 2.20. The smallest absolute Gasteiger partial charge is 0.321 e. The SMILES string of the molecule is CNC(=O)NC(=O)[C@H](C)OC(=O)Cc1cc(C)ccc1OC. The van der Waals surface area contributed by atoms with Gasteiger partial charge < -0.3 is 14.8 Å². The van der Waals surface area contributed by atoms with E-state index >= 15 is 0 Å². The fraction of sp³-hybridized carbons (Fsp3) is 0.400. The maximum Gasteiger partial charge on any atom is 0.321 e. The average molecular weight is 308 g/mol. The van der Waals surface area contributed by atoms with E-state index in [1.165, 1.54) is 21.1 Å². The highest BCUT2D eigenvalue weighted by molar-refractivity contribution is 5.97. The van der Waals surface area contributed by atoms with Crippen LogP contribution in [0.2, 0.25) is 0 Å². The normalized spacial score (nSPS) is 11.3. The minimum atomic E-state index is -1.07. The standard InChI is InChI=1S/C15H20N2O5/c1-9-5-6-12(21-4)11(7-9)8-13(18)22-10(2)14(19)17-15(20)16-3/h5-7,10H,8H2,1-4H3,(H2,16,17,19,20)/t10-/m0/s1. The lowest BCUT2D eigenvalue weighted by atomic mass is 10.1. The van der Waals surface area contributed by atoms with Gasteiger partial charge in [0.15, 0.2) is 6.10 Å². The maximum atomic E-state index is 11.9. The van der Waals surface area contributed by atoms with Gasteiger partial charge in [-0.25, -0.2) is 4.79 Å². The van der Waals surface area contributed by atoms with Crippen LogP contribution < -0.4 is 15.4 Å². The molecule has 3 amide bonds. The van der Waals surface area contributed by atoms with E-state index in [4.69, 9.17) is 9.47 Å². The number of aryl methyl sites for hydroxylation is 1. The monoisotopic (exact) mass is 308 g/mol. The van der Waals surface area contributed by atoms with Gasteiger partial charge in [-0.05, 0) is 19.9 Å². The van der Waals surface area contributed by atoms with Gasteiger partial charge in [0.25, 0.3) is 5.91 Å². The van der Waals surface area contributed by atoms with Crippen molar-refractivity contribution >= 4 is 17.9 Å². The van der Waals surface area contributed by atoms with Gasteiger partial charge in [-0.1, -0.05) is 17.7 Å². The Morgan fingerprint density at radius 1 is 1.27 bits per heavy atom. The molecule has 0 aliphatic heterocycles. The topological polar surface area (TPSA) is 93.7 Å². The molecule has 0 aliphatic rings. The van der Waals surface area contributed by atoms with E-state index < -0.39 is 24.0 Å². The fourth-order valence-corrected chi connectivity index (χ4v) is 1.77. The number of nitrogens with one attached hydrogen (secondary N) is 2. The summed E-state index contributed by atoms with van der Waals surface area (Å²) >= 11 is 0. The van der Waals surface area contributed by atoms with Crippen molar-refractivity contribution in [1.29, 1.82) is 0 Å². The van der Waals surface area contributed by atoms with Crippen LogP contribution in [-0.2, 0) is 20.7 Å². The summed E-state index contributed by atoms with van der Waals surface area (Å²) in [6.45, 7) is 3.29. The van der Waals surface area contributed by atoms with Crippen molar-refractivity contribution in [3.63, 3.8) is 0 Å². The summed E-state index contributed by atoms with van der Waals surface area (Å²) in [5.74, 6) is -0.697. The zero-order chi connectivity index (χ0) is 16.7. The largest absolute Gasteiger partial charge is 0.496 e. The van der Waals surface area contributed by atoms with Crippen molar-refractivity contribution in [1.82, 2.24) is 10.6 Å². The van der Waals surface area contributed by atoms with Gasteiger partial charge >= 0.3 is 12.0 Å². The Balaban J connectivity index is 2.64. The Bertz CT molecular complexity index is 571. The first kappa shape index (κ1) is 17.5. The van der Waals surface area contributed by atoms with Crippen LogP contribution in [0.15, 0.2) is 18.2 Å².